The molecule has 1 N–H and O–H groups in total. The van der Waals surface area contributed by atoms with E-state index in [2.05, 4.69) is 0 Å². The van der Waals surface area contributed by atoms with E-state index in [-0.39, 0.29) is 17.9 Å². The predicted octanol–water partition coefficient (Wildman–Crippen LogP) is 4.98. The van der Waals surface area contributed by atoms with Crippen molar-refractivity contribution in [3.8, 4) is 5.69 Å². The lowest BCUT2D eigenvalue weighted by molar-refractivity contribution is 0.172. The molecule has 35 heavy (non-hydrogen) atoms. The zero-order valence-electron chi connectivity index (χ0n) is 19.9. The SMILES string of the molecule is CSc1nc2c(C)cc(C)nc2n1-c1ccc(CCN(C(=O)O)S(=O)(=O)c2ccc(C)cc2)cc1. The minimum absolute atomic E-state index is 0.0458. The highest BCUT2D eigenvalue weighted by Crippen LogP contribution is 2.28. The highest BCUT2D eigenvalue weighted by atomic mass is 32.2. The summed E-state index contributed by atoms with van der Waals surface area (Å²) in [5, 5.41) is 10.4. The van der Waals surface area contributed by atoms with Gasteiger partial charge in [0.1, 0.15) is 5.52 Å². The number of pyridine rings is 1. The van der Waals surface area contributed by atoms with E-state index in [0.717, 1.165) is 44.4 Å². The van der Waals surface area contributed by atoms with Crippen molar-refractivity contribution < 1.29 is 18.3 Å². The summed E-state index contributed by atoms with van der Waals surface area (Å²) in [4.78, 5) is 21.2. The summed E-state index contributed by atoms with van der Waals surface area (Å²) in [5.74, 6) is 0. The van der Waals surface area contributed by atoms with Crippen LogP contribution in [0.2, 0.25) is 0 Å². The van der Waals surface area contributed by atoms with E-state index in [1.807, 2.05) is 61.9 Å². The number of imidazole rings is 1. The Bertz CT molecular complexity index is 1500. The van der Waals surface area contributed by atoms with Gasteiger partial charge in [0.2, 0.25) is 0 Å². The largest absolute Gasteiger partial charge is 0.464 e. The molecule has 0 bridgehead atoms. The lowest BCUT2D eigenvalue weighted by atomic mass is 10.1. The van der Waals surface area contributed by atoms with Crippen molar-refractivity contribution in [2.75, 3.05) is 12.8 Å². The van der Waals surface area contributed by atoms with Gasteiger partial charge in [0.05, 0.1) is 4.90 Å². The number of nitrogens with zero attached hydrogens (tertiary/aromatic N) is 4. The number of benzene rings is 2. The van der Waals surface area contributed by atoms with Crippen LogP contribution in [0.4, 0.5) is 4.79 Å². The molecule has 0 spiro atoms. The minimum atomic E-state index is -4.16. The van der Waals surface area contributed by atoms with Crippen LogP contribution in [0.3, 0.4) is 0 Å². The number of hydrogen-bond acceptors (Lipinski definition) is 6. The fourth-order valence-corrected chi connectivity index (χ4v) is 5.74. The molecular weight excluding hydrogens is 484 g/mol. The molecule has 0 radical (unpaired) electrons. The van der Waals surface area contributed by atoms with E-state index in [1.54, 1.807) is 12.1 Å². The summed E-state index contributed by atoms with van der Waals surface area (Å²) in [6, 6.07) is 15.7. The first-order chi connectivity index (χ1) is 16.6. The molecule has 4 rings (SSSR count). The Labute approximate surface area is 208 Å². The monoisotopic (exact) mass is 510 g/mol. The van der Waals surface area contributed by atoms with Crippen molar-refractivity contribution in [2.24, 2.45) is 0 Å². The molecular formula is C25H26N4O4S2. The number of sulfonamides is 1. The second-order valence-corrected chi connectivity index (χ2v) is 10.9. The second-order valence-electron chi connectivity index (χ2n) is 8.28. The zero-order chi connectivity index (χ0) is 25.3. The van der Waals surface area contributed by atoms with Crippen LogP contribution in [0, 0.1) is 20.8 Å². The molecule has 0 unspecified atom stereocenters. The number of fused-ring (bicyclic) bond motifs is 1. The van der Waals surface area contributed by atoms with Crippen LogP contribution >= 0.6 is 11.8 Å². The Hall–Kier alpha value is -3.37. The lowest BCUT2D eigenvalue weighted by Gasteiger charge is -2.19. The molecule has 0 aliphatic carbocycles. The van der Waals surface area contributed by atoms with Gasteiger partial charge in [-0.2, -0.15) is 0 Å². The third-order valence-corrected chi connectivity index (χ3v) is 8.13. The van der Waals surface area contributed by atoms with Crippen LogP contribution in [0.15, 0.2) is 64.6 Å². The number of carboxylic acid groups (broad SMARTS) is 1. The summed E-state index contributed by atoms with van der Waals surface area (Å²) in [6.07, 6.45) is 0.700. The maximum atomic E-state index is 12.9. The second kappa shape index (κ2) is 9.71. The van der Waals surface area contributed by atoms with E-state index in [0.29, 0.717) is 4.31 Å². The minimum Gasteiger partial charge on any atom is -0.464 e. The first-order valence-electron chi connectivity index (χ1n) is 10.9. The average molecular weight is 511 g/mol. The molecule has 2 heterocycles. The van der Waals surface area contributed by atoms with Gasteiger partial charge >= 0.3 is 6.09 Å². The summed E-state index contributed by atoms with van der Waals surface area (Å²) >= 11 is 1.53. The van der Waals surface area contributed by atoms with Gasteiger partial charge in [-0.15, -0.1) is 0 Å². The third kappa shape index (κ3) is 4.89. The molecule has 4 aromatic rings. The smallest absolute Gasteiger partial charge is 0.421 e. The molecule has 0 aliphatic rings. The number of aromatic nitrogens is 3. The Kier molecular flexibility index (Phi) is 6.86. The van der Waals surface area contributed by atoms with Crippen molar-refractivity contribution in [1.82, 2.24) is 18.8 Å². The van der Waals surface area contributed by atoms with Crippen LogP contribution in [-0.4, -0.2) is 51.3 Å². The van der Waals surface area contributed by atoms with Crippen molar-refractivity contribution in [3.63, 3.8) is 0 Å². The van der Waals surface area contributed by atoms with Gasteiger partial charge in [-0.3, -0.25) is 4.57 Å². The van der Waals surface area contributed by atoms with Gasteiger partial charge in [-0.1, -0.05) is 41.6 Å². The number of aryl methyl sites for hydroxylation is 3. The summed E-state index contributed by atoms with van der Waals surface area (Å²) in [7, 11) is -4.16. The number of thioether (sulfide) groups is 1. The summed E-state index contributed by atoms with van der Waals surface area (Å²) in [6.45, 7) is 5.61. The quantitative estimate of drug-likeness (QED) is 0.350. The average Bonchev–Trinajstić information content (AvgIpc) is 3.18. The van der Waals surface area contributed by atoms with Crippen LogP contribution in [0.5, 0.6) is 0 Å². The van der Waals surface area contributed by atoms with Gasteiger partial charge < -0.3 is 5.11 Å². The van der Waals surface area contributed by atoms with E-state index in [4.69, 9.17) is 9.97 Å². The molecule has 182 valence electrons. The maximum absolute atomic E-state index is 12.9. The molecule has 0 atom stereocenters. The number of hydrogen-bond donors (Lipinski definition) is 1. The van der Waals surface area contributed by atoms with E-state index >= 15 is 0 Å². The molecule has 2 aromatic heterocycles. The summed E-state index contributed by atoms with van der Waals surface area (Å²) < 4.78 is 28.3. The Morgan fingerprint density at radius 3 is 2.29 bits per heavy atom. The van der Waals surface area contributed by atoms with Crippen molar-refractivity contribution in [2.45, 2.75) is 37.2 Å². The summed E-state index contributed by atoms with van der Waals surface area (Å²) in [5.41, 5.74) is 6.17. The number of carbonyl (C=O) groups is 1. The molecule has 8 nitrogen and oxygen atoms in total. The van der Waals surface area contributed by atoms with Gasteiger partial charge in [-0.05, 0) is 74.9 Å². The molecule has 0 aliphatic heterocycles. The van der Waals surface area contributed by atoms with Crippen LogP contribution in [0.25, 0.3) is 16.9 Å². The number of rotatable bonds is 7. The van der Waals surface area contributed by atoms with Crippen molar-refractivity contribution >= 4 is 39.0 Å². The fourth-order valence-electron chi connectivity index (χ4n) is 3.91. The van der Waals surface area contributed by atoms with Gasteiger partial charge in [0.15, 0.2) is 10.8 Å². The molecule has 10 heteroatoms. The highest BCUT2D eigenvalue weighted by Gasteiger charge is 2.28. The van der Waals surface area contributed by atoms with E-state index < -0.39 is 16.1 Å². The Balaban J connectivity index is 1.59. The van der Waals surface area contributed by atoms with Gasteiger partial charge in [0, 0.05) is 17.9 Å². The van der Waals surface area contributed by atoms with Crippen molar-refractivity contribution in [3.05, 3.63) is 77.0 Å². The van der Waals surface area contributed by atoms with E-state index in [1.165, 1.54) is 23.9 Å². The molecule has 2 aromatic carbocycles. The van der Waals surface area contributed by atoms with Gasteiger partial charge in [-0.25, -0.2) is 27.5 Å². The Morgan fingerprint density at radius 2 is 1.69 bits per heavy atom. The zero-order valence-corrected chi connectivity index (χ0v) is 21.5. The topological polar surface area (TPSA) is 105 Å². The first kappa shape index (κ1) is 24.7. The first-order valence-corrected chi connectivity index (χ1v) is 13.6. The molecule has 1 amide bonds. The Morgan fingerprint density at radius 1 is 1.03 bits per heavy atom. The fraction of sp³-hybridized carbons (Fsp3) is 0.240. The molecule has 0 saturated carbocycles. The molecule has 0 saturated heterocycles. The van der Waals surface area contributed by atoms with Crippen LogP contribution in [0.1, 0.15) is 22.4 Å². The van der Waals surface area contributed by atoms with Crippen molar-refractivity contribution in [1.29, 1.82) is 0 Å². The van der Waals surface area contributed by atoms with Crippen LogP contribution in [-0.2, 0) is 16.4 Å². The highest BCUT2D eigenvalue weighted by molar-refractivity contribution is 7.98. The number of amides is 1. The standard InChI is InChI=1S/C25H26N4O4S2/c1-16-5-11-21(12-6-16)35(32,33)28(25(30)31)14-13-19-7-9-20(10-8-19)29-23-22(27-24(29)34-4)17(2)15-18(3)26-23/h5-12,15H,13-14H2,1-4H3,(H,30,31). The third-order valence-electron chi connectivity index (χ3n) is 5.71. The predicted molar refractivity (Wildman–Crippen MR) is 137 cm³/mol. The molecule has 0 fully saturated rings. The lowest BCUT2D eigenvalue weighted by Crippen LogP contribution is -2.37. The van der Waals surface area contributed by atoms with Gasteiger partial charge in [0.25, 0.3) is 10.0 Å². The maximum Gasteiger partial charge on any atom is 0.421 e. The van der Waals surface area contributed by atoms with Crippen LogP contribution < -0.4 is 0 Å². The normalized spacial score (nSPS) is 11.7. The van der Waals surface area contributed by atoms with E-state index in [9.17, 15) is 18.3 Å².